The summed E-state index contributed by atoms with van der Waals surface area (Å²) >= 11 is 12.8. The van der Waals surface area contributed by atoms with E-state index in [4.69, 9.17) is 11.6 Å². The summed E-state index contributed by atoms with van der Waals surface area (Å²) in [6, 6.07) is 5.62. The maximum absolute atomic E-state index is 12.1. The smallest absolute Gasteiger partial charge is 0.152 e. The van der Waals surface area contributed by atoms with Gasteiger partial charge in [0, 0.05) is 14.9 Å². The van der Waals surface area contributed by atoms with Gasteiger partial charge in [0.2, 0.25) is 0 Å². The molecule has 0 saturated heterocycles. The maximum atomic E-state index is 12.1. The SMILES string of the molecule is CC(C)(C)C(=O)C(Br)Cc1ccc(Cl)cc1Br. The molecule has 1 nitrogen and oxygen atoms in total. The van der Waals surface area contributed by atoms with E-state index in [1.807, 2.05) is 39.0 Å². The van der Waals surface area contributed by atoms with Crippen LogP contribution in [0.2, 0.25) is 5.02 Å². The van der Waals surface area contributed by atoms with E-state index in [1.165, 1.54) is 0 Å². The van der Waals surface area contributed by atoms with Crippen LogP contribution < -0.4 is 0 Å². The van der Waals surface area contributed by atoms with Crippen molar-refractivity contribution in [3.05, 3.63) is 33.3 Å². The van der Waals surface area contributed by atoms with Crippen molar-refractivity contribution in [2.45, 2.75) is 32.0 Å². The van der Waals surface area contributed by atoms with Crippen LogP contribution in [0.15, 0.2) is 22.7 Å². The third-order valence-corrected chi connectivity index (χ3v) is 4.15. The van der Waals surface area contributed by atoms with E-state index in [2.05, 4.69) is 31.9 Å². The molecular weight excluding hydrogens is 367 g/mol. The first kappa shape index (κ1) is 15.2. The lowest BCUT2D eigenvalue weighted by Gasteiger charge is -2.21. The van der Waals surface area contributed by atoms with Crippen LogP contribution in [0.3, 0.4) is 0 Å². The average Bonchev–Trinajstić information content (AvgIpc) is 2.19. The van der Waals surface area contributed by atoms with Crippen molar-refractivity contribution in [3.8, 4) is 0 Å². The number of rotatable bonds is 3. The number of hydrogen-bond acceptors (Lipinski definition) is 1. The summed E-state index contributed by atoms with van der Waals surface area (Å²) in [6.07, 6.45) is 0.661. The van der Waals surface area contributed by atoms with Crippen LogP contribution in [0, 0.1) is 5.41 Å². The van der Waals surface area contributed by atoms with Crippen molar-refractivity contribution in [1.82, 2.24) is 0 Å². The van der Waals surface area contributed by atoms with E-state index in [-0.39, 0.29) is 16.0 Å². The number of carbonyl (C=O) groups is 1. The zero-order valence-electron chi connectivity index (χ0n) is 10.1. The molecule has 0 fully saturated rings. The van der Waals surface area contributed by atoms with Gasteiger partial charge in [0.25, 0.3) is 0 Å². The number of alkyl halides is 1. The second-order valence-electron chi connectivity index (χ2n) is 5.02. The summed E-state index contributed by atoms with van der Waals surface area (Å²) in [7, 11) is 0. The Bertz CT molecular complexity index is 424. The van der Waals surface area contributed by atoms with Gasteiger partial charge in [-0.3, -0.25) is 4.79 Å². The molecule has 0 saturated carbocycles. The van der Waals surface area contributed by atoms with Gasteiger partial charge in [-0.25, -0.2) is 0 Å². The van der Waals surface area contributed by atoms with Crippen molar-refractivity contribution in [2.75, 3.05) is 0 Å². The van der Waals surface area contributed by atoms with Crippen molar-refractivity contribution in [1.29, 1.82) is 0 Å². The fourth-order valence-corrected chi connectivity index (χ4v) is 3.32. The van der Waals surface area contributed by atoms with Gasteiger partial charge in [-0.15, -0.1) is 0 Å². The molecule has 17 heavy (non-hydrogen) atoms. The summed E-state index contributed by atoms with van der Waals surface area (Å²) in [4.78, 5) is 11.9. The van der Waals surface area contributed by atoms with Gasteiger partial charge < -0.3 is 0 Å². The molecular formula is C13H15Br2ClO. The van der Waals surface area contributed by atoms with Crippen molar-refractivity contribution >= 4 is 49.2 Å². The zero-order valence-corrected chi connectivity index (χ0v) is 14.0. The summed E-state index contributed by atoms with van der Waals surface area (Å²) in [5.41, 5.74) is 0.751. The van der Waals surface area contributed by atoms with Gasteiger partial charge in [0.15, 0.2) is 5.78 Å². The number of benzene rings is 1. The molecule has 4 heteroatoms. The molecule has 1 rings (SSSR count). The third kappa shape index (κ3) is 4.38. The molecule has 94 valence electrons. The van der Waals surface area contributed by atoms with Crippen LogP contribution in [-0.4, -0.2) is 10.6 Å². The van der Waals surface area contributed by atoms with Crippen LogP contribution in [0.1, 0.15) is 26.3 Å². The predicted molar refractivity (Wildman–Crippen MR) is 80.0 cm³/mol. The van der Waals surface area contributed by atoms with Gasteiger partial charge in [0.05, 0.1) is 4.83 Å². The summed E-state index contributed by atoms with van der Waals surface area (Å²) in [5.74, 6) is 0.208. The Kier molecular flexibility index (Phi) is 5.23. The molecule has 0 aromatic heterocycles. The number of carbonyl (C=O) groups excluding carboxylic acids is 1. The monoisotopic (exact) mass is 380 g/mol. The minimum atomic E-state index is -0.326. The third-order valence-electron chi connectivity index (χ3n) is 2.44. The van der Waals surface area contributed by atoms with E-state index >= 15 is 0 Å². The molecule has 1 aromatic carbocycles. The Labute approximate surface area is 124 Å². The van der Waals surface area contributed by atoms with E-state index in [9.17, 15) is 4.79 Å². The molecule has 0 aliphatic heterocycles. The summed E-state index contributed by atoms with van der Waals surface area (Å²) in [6.45, 7) is 5.79. The maximum Gasteiger partial charge on any atom is 0.152 e. The molecule has 0 bridgehead atoms. The van der Waals surface area contributed by atoms with E-state index in [0.29, 0.717) is 11.4 Å². The predicted octanol–water partition coefficient (Wildman–Crippen LogP) is 5.02. The van der Waals surface area contributed by atoms with Gasteiger partial charge in [-0.1, -0.05) is 70.3 Å². The number of halogens is 3. The first-order chi connectivity index (χ1) is 7.71. The first-order valence-corrected chi connectivity index (χ1v) is 7.43. The average molecular weight is 383 g/mol. The lowest BCUT2D eigenvalue weighted by Crippen LogP contribution is -2.30. The molecule has 0 aliphatic rings. The van der Waals surface area contributed by atoms with E-state index in [1.54, 1.807) is 0 Å². The minimum absolute atomic E-state index is 0.167. The molecule has 0 spiro atoms. The molecule has 1 aromatic rings. The highest BCUT2D eigenvalue weighted by atomic mass is 79.9. The molecule has 1 atom stereocenters. The lowest BCUT2D eigenvalue weighted by molar-refractivity contribution is -0.125. The topological polar surface area (TPSA) is 17.1 Å². The van der Waals surface area contributed by atoms with Gasteiger partial charge in [-0.2, -0.15) is 0 Å². The Morgan fingerprint density at radius 1 is 1.41 bits per heavy atom. The van der Waals surface area contributed by atoms with Crippen molar-refractivity contribution in [3.63, 3.8) is 0 Å². The van der Waals surface area contributed by atoms with Crippen LogP contribution in [-0.2, 0) is 11.2 Å². The number of ketones is 1. The Morgan fingerprint density at radius 3 is 2.47 bits per heavy atom. The highest BCUT2D eigenvalue weighted by Gasteiger charge is 2.28. The van der Waals surface area contributed by atoms with Crippen LogP contribution in [0.25, 0.3) is 0 Å². The van der Waals surface area contributed by atoms with E-state index in [0.717, 1.165) is 10.0 Å². The van der Waals surface area contributed by atoms with E-state index < -0.39 is 0 Å². The molecule has 1 unspecified atom stereocenters. The Balaban J connectivity index is 2.81. The van der Waals surface area contributed by atoms with Gasteiger partial charge in [0.1, 0.15) is 0 Å². The zero-order chi connectivity index (χ0) is 13.2. The van der Waals surface area contributed by atoms with Crippen molar-refractivity contribution < 1.29 is 4.79 Å². The standard InChI is InChI=1S/C13H15Br2ClO/c1-13(2,3)12(17)11(15)6-8-4-5-9(16)7-10(8)14/h4-5,7,11H,6H2,1-3H3. The van der Waals surface area contributed by atoms with Crippen LogP contribution in [0.5, 0.6) is 0 Å². The fourth-order valence-electron chi connectivity index (χ4n) is 1.44. The molecule has 0 amide bonds. The summed E-state index contributed by atoms with van der Waals surface area (Å²) in [5, 5.41) is 0.689. The largest absolute Gasteiger partial charge is 0.298 e. The van der Waals surface area contributed by atoms with Gasteiger partial charge >= 0.3 is 0 Å². The molecule has 0 radical (unpaired) electrons. The normalized spacial score (nSPS) is 13.5. The second-order valence-corrected chi connectivity index (χ2v) is 7.42. The molecule has 0 aliphatic carbocycles. The van der Waals surface area contributed by atoms with Gasteiger partial charge in [-0.05, 0) is 24.1 Å². The lowest BCUT2D eigenvalue weighted by atomic mass is 9.87. The number of Topliss-reactive ketones (excluding diaryl/α,β-unsaturated/α-hetero) is 1. The summed E-state index contributed by atoms with van der Waals surface area (Å²) < 4.78 is 0.941. The quantitative estimate of drug-likeness (QED) is 0.671. The fraction of sp³-hybridized carbons (Fsp3) is 0.462. The first-order valence-electron chi connectivity index (χ1n) is 5.34. The highest BCUT2D eigenvalue weighted by Crippen LogP contribution is 2.27. The van der Waals surface area contributed by atoms with Crippen molar-refractivity contribution in [2.24, 2.45) is 5.41 Å². The minimum Gasteiger partial charge on any atom is -0.298 e. The molecule has 0 N–H and O–H groups in total. The molecule has 0 heterocycles. The van der Waals surface area contributed by atoms with Crippen LogP contribution in [0.4, 0.5) is 0 Å². The van der Waals surface area contributed by atoms with Crippen LogP contribution >= 0.6 is 43.5 Å². The number of hydrogen-bond donors (Lipinski definition) is 0. The Hall–Kier alpha value is 0.140. The Morgan fingerprint density at radius 2 is 2.00 bits per heavy atom. The highest BCUT2D eigenvalue weighted by molar-refractivity contribution is 9.10. The second kappa shape index (κ2) is 5.85.